The Morgan fingerprint density at radius 1 is 1.35 bits per heavy atom. The Morgan fingerprint density at radius 3 is 2.70 bits per heavy atom. The van der Waals surface area contributed by atoms with E-state index >= 15 is 0 Å². The summed E-state index contributed by atoms with van der Waals surface area (Å²) < 4.78 is 11.6. The molecule has 1 heterocycles. The molecule has 0 radical (unpaired) electrons. The summed E-state index contributed by atoms with van der Waals surface area (Å²) in [5, 5.41) is 0. The Bertz CT molecular complexity index is 765. The maximum absolute atomic E-state index is 11.4. The van der Waals surface area contributed by atoms with Gasteiger partial charge in [0.1, 0.15) is 5.75 Å². The molecule has 1 aromatic heterocycles. The lowest BCUT2D eigenvalue weighted by Gasteiger charge is -2.25. The molecule has 0 atom stereocenters. The van der Waals surface area contributed by atoms with Gasteiger partial charge in [-0.15, -0.1) is 0 Å². The van der Waals surface area contributed by atoms with Gasteiger partial charge >= 0.3 is 0 Å². The fourth-order valence-corrected chi connectivity index (χ4v) is 3.70. The van der Waals surface area contributed by atoms with Gasteiger partial charge in [-0.3, -0.25) is 4.79 Å². The molecule has 0 amide bonds. The quantitative estimate of drug-likeness (QED) is 0.712. The predicted molar refractivity (Wildman–Crippen MR) is 90.7 cm³/mol. The monoisotopic (exact) mass is 312 g/mol. The van der Waals surface area contributed by atoms with Gasteiger partial charge in [0.2, 0.25) is 0 Å². The zero-order valence-corrected chi connectivity index (χ0v) is 14.6. The van der Waals surface area contributed by atoms with Crippen molar-refractivity contribution in [3.63, 3.8) is 0 Å². The highest BCUT2D eigenvalue weighted by Crippen LogP contribution is 2.46. The highest BCUT2D eigenvalue weighted by molar-refractivity contribution is 5.91. The van der Waals surface area contributed by atoms with Crippen molar-refractivity contribution in [1.29, 1.82) is 0 Å². The average Bonchev–Trinajstić information content (AvgIpc) is 3.06. The molecule has 2 aromatic rings. The van der Waals surface area contributed by atoms with Crippen LogP contribution in [0.15, 0.2) is 22.6 Å². The molecule has 1 aliphatic rings. The van der Waals surface area contributed by atoms with Crippen LogP contribution in [0, 0.1) is 6.92 Å². The van der Waals surface area contributed by atoms with Gasteiger partial charge in [0.25, 0.3) is 5.95 Å². The first-order valence-electron chi connectivity index (χ1n) is 8.28. The van der Waals surface area contributed by atoms with Crippen LogP contribution in [0.1, 0.15) is 66.9 Å². The number of carbonyl (C=O) groups is 1. The summed E-state index contributed by atoms with van der Waals surface area (Å²) in [5.74, 6) is 1.49. The minimum atomic E-state index is -0.0950. The highest BCUT2D eigenvalue weighted by Gasteiger charge is 2.34. The van der Waals surface area contributed by atoms with E-state index in [2.05, 4.69) is 33.8 Å². The van der Waals surface area contributed by atoms with Crippen LogP contribution >= 0.6 is 0 Å². The maximum Gasteiger partial charge on any atom is 0.290 e. The minimum Gasteiger partial charge on any atom is -0.425 e. The fraction of sp³-hybridized carbons (Fsp3) is 0.450. The topological polar surface area (TPSA) is 39.4 Å². The molecule has 0 saturated carbocycles. The van der Waals surface area contributed by atoms with Crippen molar-refractivity contribution >= 4 is 5.78 Å². The molecule has 0 spiro atoms. The molecule has 3 rings (SSSR count). The highest BCUT2D eigenvalue weighted by atomic mass is 16.6. The summed E-state index contributed by atoms with van der Waals surface area (Å²) in [6.07, 6.45) is 3.22. The summed E-state index contributed by atoms with van der Waals surface area (Å²) in [7, 11) is 0. The molecule has 1 aliphatic carbocycles. The SMILES string of the molecule is CCc1c(Oc2ccc(C(C)=O)o2)c(C)cc2c1C(C)(C)CC2. The zero-order valence-electron chi connectivity index (χ0n) is 14.6. The lowest BCUT2D eigenvalue weighted by atomic mass is 9.82. The maximum atomic E-state index is 11.4. The second-order valence-electron chi connectivity index (χ2n) is 7.05. The van der Waals surface area contributed by atoms with Crippen molar-refractivity contribution < 1.29 is 13.9 Å². The van der Waals surface area contributed by atoms with Crippen LogP contribution in [0.3, 0.4) is 0 Å². The number of aryl methyl sites for hydroxylation is 2. The Labute approximate surface area is 137 Å². The van der Waals surface area contributed by atoms with Crippen LogP contribution in [0.25, 0.3) is 0 Å². The van der Waals surface area contributed by atoms with E-state index in [4.69, 9.17) is 9.15 Å². The van der Waals surface area contributed by atoms with Gasteiger partial charge in [-0.1, -0.05) is 26.8 Å². The van der Waals surface area contributed by atoms with E-state index in [1.54, 1.807) is 12.1 Å². The van der Waals surface area contributed by atoms with Gasteiger partial charge in [0, 0.05) is 13.0 Å². The van der Waals surface area contributed by atoms with E-state index in [0.717, 1.165) is 24.2 Å². The fourth-order valence-electron chi connectivity index (χ4n) is 3.70. The first kappa shape index (κ1) is 15.9. The number of ether oxygens (including phenoxy) is 1. The predicted octanol–water partition coefficient (Wildman–Crippen LogP) is 5.37. The number of furan rings is 1. The van der Waals surface area contributed by atoms with Crippen LogP contribution in [0.4, 0.5) is 0 Å². The molecule has 0 bridgehead atoms. The normalized spacial score (nSPS) is 15.5. The van der Waals surface area contributed by atoms with Crippen LogP contribution in [0.2, 0.25) is 0 Å². The summed E-state index contributed by atoms with van der Waals surface area (Å²) in [6.45, 7) is 10.3. The van der Waals surface area contributed by atoms with Crippen LogP contribution in [-0.2, 0) is 18.3 Å². The van der Waals surface area contributed by atoms with Gasteiger partial charge in [-0.25, -0.2) is 0 Å². The van der Waals surface area contributed by atoms with Gasteiger partial charge < -0.3 is 9.15 Å². The number of carbonyl (C=O) groups excluding carboxylic acids is 1. The number of benzene rings is 1. The standard InChI is InChI=1S/C20H24O3/c1-6-15-18-14(9-10-20(18,4)5)11-12(2)19(15)23-17-8-7-16(22-17)13(3)21/h7-8,11H,6,9-10H2,1-5H3. The van der Waals surface area contributed by atoms with E-state index in [1.807, 2.05) is 0 Å². The molecule has 0 aliphatic heterocycles. The minimum absolute atomic E-state index is 0.0950. The Hall–Kier alpha value is -2.03. The molecule has 3 heteroatoms. The molecule has 0 fully saturated rings. The Balaban J connectivity index is 2.07. The molecule has 0 unspecified atom stereocenters. The summed E-state index contributed by atoms with van der Waals surface area (Å²) in [5.41, 5.74) is 5.45. The Kier molecular flexibility index (Phi) is 3.83. The van der Waals surface area contributed by atoms with Crippen molar-refractivity contribution in [2.24, 2.45) is 0 Å². The Morgan fingerprint density at radius 2 is 2.09 bits per heavy atom. The second-order valence-corrected chi connectivity index (χ2v) is 7.05. The van der Waals surface area contributed by atoms with Gasteiger partial charge in [0.15, 0.2) is 11.5 Å². The third-order valence-corrected chi connectivity index (χ3v) is 4.83. The molecule has 23 heavy (non-hydrogen) atoms. The number of Topliss-reactive ketones (excluding diaryl/α,β-unsaturated/α-hetero) is 1. The third-order valence-electron chi connectivity index (χ3n) is 4.83. The zero-order chi connectivity index (χ0) is 16.8. The van der Waals surface area contributed by atoms with E-state index in [9.17, 15) is 4.79 Å². The molecule has 3 nitrogen and oxygen atoms in total. The summed E-state index contributed by atoms with van der Waals surface area (Å²) in [4.78, 5) is 11.4. The van der Waals surface area contributed by atoms with Crippen molar-refractivity contribution in [3.8, 4) is 11.7 Å². The van der Waals surface area contributed by atoms with E-state index in [-0.39, 0.29) is 11.2 Å². The molecule has 0 saturated heterocycles. The van der Waals surface area contributed by atoms with E-state index in [1.165, 1.54) is 30.0 Å². The van der Waals surface area contributed by atoms with Crippen LogP contribution < -0.4 is 4.74 Å². The van der Waals surface area contributed by atoms with E-state index < -0.39 is 0 Å². The van der Waals surface area contributed by atoms with Gasteiger partial charge in [-0.05, 0) is 59.9 Å². The summed E-state index contributed by atoms with van der Waals surface area (Å²) >= 11 is 0. The van der Waals surface area contributed by atoms with Crippen molar-refractivity contribution in [3.05, 3.63) is 46.2 Å². The number of hydrogen-bond acceptors (Lipinski definition) is 3. The van der Waals surface area contributed by atoms with Crippen LogP contribution in [0.5, 0.6) is 11.7 Å². The molecule has 0 N–H and O–H groups in total. The lowest BCUT2D eigenvalue weighted by Crippen LogP contribution is -2.15. The number of hydrogen-bond donors (Lipinski definition) is 0. The second kappa shape index (κ2) is 5.55. The molecule has 122 valence electrons. The van der Waals surface area contributed by atoms with Crippen molar-refractivity contribution in [1.82, 2.24) is 0 Å². The first-order chi connectivity index (χ1) is 10.8. The number of ketones is 1. The van der Waals surface area contributed by atoms with E-state index in [0.29, 0.717) is 11.7 Å². The smallest absolute Gasteiger partial charge is 0.290 e. The first-order valence-corrected chi connectivity index (χ1v) is 8.28. The molecular formula is C20H24O3. The van der Waals surface area contributed by atoms with Crippen molar-refractivity contribution in [2.45, 2.75) is 59.3 Å². The largest absolute Gasteiger partial charge is 0.425 e. The third kappa shape index (κ3) is 2.69. The average molecular weight is 312 g/mol. The molecular weight excluding hydrogens is 288 g/mol. The van der Waals surface area contributed by atoms with Crippen LogP contribution in [-0.4, -0.2) is 5.78 Å². The summed E-state index contributed by atoms with van der Waals surface area (Å²) in [6, 6.07) is 5.62. The van der Waals surface area contributed by atoms with Gasteiger partial charge in [-0.2, -0.15) is 0 Å². The number of rotatable bonds is 4. The number of fused-ring (bicyclic) bond motifs is 1. The van der Waals surface area contributed by atoms with Crippen molar-refractivity contribution in [2.75, 3.05) is 0 Å². The van der Waals surface area contributed by atoms with Gasteiger partial charge in [0.05, 0.1) is 0 Å². The molecule has 1 aromatic carbocycles. The lowest BCUT2D eigenvalue weighted by molar-refractivity contribution is 0.0982.